The summed E-state index contributed by atoms with van der Waals surface area (Å²) in [5.41, 5.74) is 1.24. The van der Waals surface area contributed by atoms with E-state index in [0.29, 0.717) is 12.0 Å². The minimum Gasteiger partial charge on any atom is -0.487 e. The first-order valence-electron chi connectivity index (χ1n) is 5.67. The Morgan fingerprint density at radius 1 is 1.40 bits per heavy atom. The Kier molecular flexibility index (Phi) is 2.85. The summed E-state index contributed by atoms with van der Waals surface area (Å²) in [4.78, 5) is 2.42. The van der Waals surface area contributed by atoms with Crippen molar-refractivity contribution in [3.05, 3.63) is 24.3 Å². The molecule has 0 aromatic heterocycles. The number of para-hydroxylation sites is 2. The largest absolute Gasteiger partial charge is 0.487 e. The van der Waals surface area contributed by atoms with Crippen molar-refractivity contribution >= 4 is 5.69 Å². The lowest BCUT2D eigenvalue weighted by molar-refractivity contribution is 0.211. The molecule has 0 spiro atoms. The molecule has 0 saturated heterocycles. The summed E-state index contributed by atoms with van der Waals surface area (Å²) in [6.45, 7) is 8.73. The first-order chi connectivity index (χ1) is 7.16. The standard InChI is InChI=1S/C13H19NO/c1-10(2)8-14-9-11(3)15-13-7-5-4-6-12(13)14/h4-7,10-11H,8-9H2,1-3H3. The first kappa shape index (κ1) is 10.3. The van der Waals surface area contributed by atoms with E-state index in [2.05, 4.69) is 43.9 Å². The van der Waals surface area contributed by atoms with Crippen LogP contribution in [-0.2, 0) is 0 Å². The van der Waals surface area contributed by atoms with Crippen LogP contribution in [0.5, 0.6) is 5.75 Å². The lowest BCUT2D eigenvalue weighted by atomic mass is 10.1. The average molecular weight is 205 g/mol. The molecule has 0 fully saturated rings. The molecule has 82 valence electrons. The van der Waals surface area contributed by atoms with E-state index in [1.165, 1.54) is 5.69 Å². The van der Waals surface area contributed by atoms with Crippen molar-refractivity contribution < 1.29 is 4.74 Å². The summed E-state index contributed by atoms with van der Waals surface area (Å²) < 4.78 is 5.80. The monoisotopic (exact) mass is 205 g/mol. The Hall–Kier alpha value is -1.18. The molecule has 0 amide bonds. The maximum atomic E-state index is 5.80. The zero-order chi connectivity index (χ0) is 10.8. The van der Waals surface area contributed by atoms with Crippen LogP contribution < -0.4 is 9.64 Å². The summed E-state index contributed by atoms with van der Waals surface area (Å²) in [5, 5.41) is 0. The van der Waals surface area contributed by atoms with Crippen LogP contribution in [0.2, 0.25) is 0 Å². The van der Waals surface area contributed by atoms with Gasteiger partial charge in [0.2, 0.25) is 0 Å². The molecule has 1 aromatic carbocycles. The van der Waals surface area contributed by atoms with Gasteiger partial charge < -0.3 is 9.64 Å². The second-order valence-corrected chi connectivity index (χ2v) is 4.70. The molecule has 1 aliphatic heterocycles. The lowest BCUT2D eigenvalue weighted by Gasteiger charge is -2.35. The van der Waals surface area contributed by atoms with Crippen molar-refractivity contribution in [2.75, 3.05) is 18.0 Å². The highest BCUT2D eigenvalue weighted by atomic mass is 16.5. The van der Waals surface area contributed by atoms with E-state index in [1.54, 1.807) is 0 Å². The normalized spacial score (nSPS) is 20.0. The van der Waals surface area contributed by atoms with Crippen LogP contribution in [0.15, 0.2) is 24.3 Å². The molecule has 0 bridgehead atoms. The van der Waals surface area contributed by atoms with Gasteiger partial charge in [-0.3, -0.25) is 0 Å². The van der Waals surface area contributed by atoms with Gasteiger partial charge in [-0.05, 0) is 25.0 Å². The topological polar surface area (TPSA) is 12.5 Å². The van der Waals surface area contributed by atoms with E-state index in [0.717, 1.165) is 18.8 Å². The van der Waals surface area contributed by atoms with Gasteiger partial charge in [-0.2, -0.15) is 0 Å². The van der Waals surface area contributed by atoms with Gasteiger partial charge in [0.15, 0.2) is 0 Å². The molecule has 2 nitrogen and oxygen atoms in total. The average Bonchev–Trinajstić information content (AvgIpc) is 2.16. The summed E-state index contributed by atoms with van der Waals surface area (Å²) in [6, 6.07) is 8.30. The van der Waals surface area contributed by atoms with Crippen molar-refractivity contribution in [1.82, 2.24) is 0 Å². The highest BCUT2D eigenvalue weighted by molar-refractivity contribution is 5.60. The SMILES string of the molecule is CC(C)CN1CC(C)Oc2ccccc21. The summed E-state index contributed by atoms with van der Waals surface area (Å²) in [5.74, 6) is 1.71. The van der Waals surface area contributed by atoms with Crippen molar-refractivity contribution in [3.8, 4) is 5.75 Å². The number of rotatable bonds is 2. The van der Waals surface area contributed by atoms with Crippen LogP contribution in [0.1, 0.15) is 20.8 Å². The molecule has 2 heteroatoms. The fourth-order valence-electron chi connectivity index (χ4n) is 2.09. The molecule has 1 heterocycles. The van der Waals surface area contributed by atoms with Crippen LogP contribution in [0.25, 0.3) is 0 Å². The van der Waals surface area contributed by atoms with E-state index >= 15 is 0 Å². The minimum absolute atomic E-state index is 0.290. The number of fused-ring (bicyclic) bond motifs is 1. The van der Waals surface area contributed by atoms with Gasteiger partial charge in [0.25, 0.3) is 0 Å². The van der Waals surface area contributed by atoms with Gasteiger partial charge in [-0.15, -0.1) is 0 Å². The van der Waals surface area contributed by atoms with Crippen molar-refractivity contribution in [1.29, 1.82) is 0 Å². The smallest absolute Gasteiger partial charge is 0.143 e. The van der Waals surface area contributed by atoms with Gasteiger partial charge in [-0.25, -0.2) is 0 Å². The quantitative estimate of drug-likeness (QED) is 0.736. The van der Waals surface area contributed by atoms with Crippen LogP contribution in [0, 0.1) is 5.92 Å². The Bertz CT molecular complexity index is 335. The van der Waals surface area contributed by atoms with Crippen molar-refractivity contribution in [3.63, 3.8) is 0 Å². The second kappa shape index (κ2) is 4.13. The van der Waals surface area contributed by atoms with Crippen LogP contribution in [0.3, 0.4) is 0 Å². The number of benzene rings is 1. The third kappa shape index (κ3) is 2.25. The Morgan fingerprint density at radius 2 is 2.13 bits per heavy atom. The Labute approximate surface area is 91.9 Å². The molecule has 0 radical (unpaired) electrons. The van der Waals surface area contributed by atoms with Gasteiger partial charge in [0.1, 0.15) is 11.9 Å². The Balaban J connectivity index is 2.26. The molecule has 0 saturated carbocycles. The molecular formula is C13H19NO. The number of anilines is 1. The van der Waals surface area contributed by atoms with Crippen LogP contribution >= 0.6 is 0 Å². The van der Waals surface area contributed by atoms with Gasteiger partial charge >= 0.3 is 0 Å². The highest BCUT2D eigenvalue weighted by Crippen LogP contribution is 2.33. The predicted molar refractivity (Wildman–Crippen MR) is 63.6 cm³/mol. The van der Waals surface area contributed by atoms with Crippen molar-refractivity contribution in [2.45, 2.75) is 26.9 Å². The molecule has 2 rings (SSSR count). The van der Waals surface area contributed by atoms with Crippen LogP contribution in [-0.4, -0.2) is 19.2 Å². The number of ether oxygens (including phenoxy) is 1. The fourth-order valence-corrected chi connectivity index (χ4v) is 2.09. The third-order valence-electron chi connectivity index (χ3n) is 2.60. The molecule has 1 aliphatic rings. The first-order valence-corrected chi connectivity index (χ1v) is 5.67. The highest BCUT2D eigenvalue weighted by Gasteiger charge is 2.22. The van der Waals surface area contributed by atoms with Crippen LogP contribution in [0.4, 0.5) is 5.69 Å². The molecule has 1 atom stereocenters. The molecule has 1 unspecified atom stereocenters. The van der Waals surface area contributed by atoms with E-state index in [4.69, 9.17) is 4.74 Å². The fraction of sp³-hybridized carbons (Fsp3) is 0.538. The Morgan fingerprint density at radius 3 is 2.87 bits per heavy atom. The van der Waals surface area contributed by atoms with E-state index in [1.807, 2.05) is 6.07 Å². The van der Waals surface area contributed by atoms with E-state index in [9.17, 15) is 0 Å². The van der Waals surface area contributed by atoms with Gasteiger partial charge in [0.05, 0.1) is 12.2 Å². The summed E-state index contributed by atoms with van der Waals surface area (Å²) in [7, 11) is 0. The number of hydrogen-bond donors (Lipinski definition) is 0. The predicted octanol–water partition coefficient (Wildman–Crippen LogP) is 2.93. The van der Waals surface area contributed by atoms with Gasteiger partial charge in [0, 0.05) is 6.54 Å². The molecule has 0 N–H and O–H groups in total. The van der Waals surface area contributed by atoms with E-state index < -0.39 is 0 Å². The molecular weight excluding hydrogens is 186 g/mol. The van der Waals surface area contributed by atoms with E-state index in [-0.39, 0.29) is 0 Å². The third-order valence-corrected chi connectivity index (χ3v) is 2.60. The second-order valence-electron chi connectivity index (χ2n) is 4.70. The molecule has 15 heavy (non-hydrogen) atoms. The van der Waals surface area contributed by atoms with Crippen molar-refractivity contribution in [2.24, 2.45) is 5.92 Å². The maximum absolute atomic E-state index is 5.80. The summed E-state index contributed by atoms with van der Waals surface area (Å²) >= 11 is 0. The lowest BCUT2D eigenvalue weighted by Crippen LogP contribution is -2.40. The number of hydrogen-bond acceptors (Lipinski definition) is 2. The minimum atomic E-state index is 0.290. The summed E-state index contributed by atoms with van der Waals surface area (Å²) in [6.07, 6.45) is 0.290. The maximum Gasteiger partial charge on any atom is 0.143 e. The zero-order valence-corrected chi connectivity index (χ0v) is 9.73. The zero-order valence-electron chi connectivity index (χ0n) is 9.73. The van der Waals surface area contributed by atoms with Gasteiger partial charge in [-0.1, -0.05) is 26.0 Å². The molecule has 1 aromatic rings. The number of nitrogens with zero attached hydrogens (tertiary/aromatic N) is 1. The molecule has 0 aliphatic carbocycles.